The molecule has 0 saturated carbocycles. The molecule has 3 aromatic rings. The van der Waals surface area contributed by atoms with Crippen LogP contribution in [-0.4, -0.2) is 5.11 Å². The zero-order valence-corrected chi connectivity index (χ0v) is 12.5. The fourth-order valence-electron chi connectivity index (χ4n) is 2.32. The van der Waals surface area contributed by atoms with Gasteiger partial charge in [0.05, 0.1) is 6.07 Å². The summed E-state index contributed by atoms with van der Waals surface area (Å²) in [6.07, 6.45) is 0.357. The van der Waals surface area contributed by atoms with Gasteiger partial charge in [0.15, 0.2) is 12.3 Å². The van der Waals surface area contributed by atoms with E-state index in [9.17, 15) is 10.3 Å². The Morgan fingerprint density at radius 2 is 1.61 bits per heavy atom. The summed E-state index contributed by atoms with van der Waals surface area (Å²) in [5.41, 5.74) is 1.94. The van der Waals surface area contributed by atoms with Crippen molar-refractivity contribution in [2.75, 3.05) is 0 Å². The van der Waals surface area contributed by atoms with Gasteiger partial charge in [0.2, 0.25) is 5.69 Å². The lowest BCUT2D eigenvalue weighted by Crippen LogP contribution is -2.33. The Kier molecular flexibility index (Phi) is 4.54. The number of benzene rings is 2. The molecule has 2 aromatic carbocycles. The molecule has 0 aliphatic rings. The number of nitrogens with zero attached hydrogens (tertiary/aromatic N) is 1. The lowest BCUT2D eigenvalue weighted by atomic mass is 10.1. The van der Waals surface area contributed by atoms with Gasteiger partial charge in [0.25, 0.3) is 0 Å². The van der Waals surface area contributed by atoms with Crippen molar-refractivity contribution >= 4 is 0 Å². The minimum absolute atomic E-state index is 0.238. The Morgan fingerprint density at radius 1 is 0.957 bits per heavy atom. The maximum atomic E-state index is 12.0. The largest absolute Gasteiger partial charge is 0.618 e. The molecule has 4 nitrogen and oxygen atoms in total. The highest BCUT2D eigenvalue weighted by atomic mass is 16.5. The molecule has 1 unspecified atom stereocenters. The predicted molar refractivity (Wildman–Crippen MR) is 86.7 cm³/mol. The third kappa shape index (κ3) is 3.67. The van der Waals surface area contributed by atoms with Crippen LogP contribution in [0.2, 0.25) is 0 Å². The van der Waals surface area contributed by atoms with Crippen LogP contribution in [0.4, 0.5) is 0 Å². The first-order chi connectivity index (χ1) is 11.2. The summed E-state index contributed by atoms with van der Waals surface area (Å²) in [6.45, 7) is 0.407. The van der Waals surface area contributed by atoms with Crippen molar-refractivity contribution in [3.05, 3.63) is 101 Å². The van der Waals surface area contributed by atoms with E-state index in [2.05, 4.69) is 0 Å². The van der Waals surface area contributed by atoms with Crippen LogP contribution in [0.5, 0.6) is 5.75 Å². The Balaban J connectivity index is 1.79. The van der Waals surface area contributed by atoms with Gasteiger partial charge in [-0.15, -0.1) is 0 Å². The minimum Gasteiger partial charge on any atom is -0.618 e. The number of pyridine rings is 1. The standard InChI is InChI=1S/C19H17NO3/c21-19(16-9-5-2-6-10-16)18-13-17(11-12-20(18)22)23-14-15-7-3-1-4-8-15/h1-13,19,21H,14H2. The fourth-order valence-corrected chi connectivity index (χ4v) is 2.32. The van der Waals surface area contributed by atoms with Crippen LogP contribution in [0.25, 0.3) is 0 Å². The average molecular weight is 307 g/mol. The van der Waals surface area contributed by atoms with E-state index >= 15 is 0 Å². The molecule has 23 heavy (non-hydrogen) atoms. The zero-order valence-electron chi connectivity index (χ0n) is 12.5. The van der Waals surface area contributed by atoms with Crippen molar-refractivity contribution in [2.45, 2.75) is 12.7 Å². The third-order valence-corrected chi connectivity index (χ3v) is 3.56. The van der Waals surface area contributed by atoms with Gasteiger partial charge in [-0.3, -0.25) is 0 Å². The van der Waals surface area contributed by atoms with E-state index in [4.69, 9.17) is 4.74 Å². The lowest BCUT2D eigenvalue weighted by Gasteiger charge is -2.13. The van der Waals surface area contributed by atoms with Gasteiger partial charge in [-0.05, 0) is 11.1 Å². The van der Waals surface area contributed by atoms with Gasteiger partial charge < -0.3 is 15.1 Å². The Hall–Kier alpha value is -2.85. The fraction of sp³-hybridized carbons (Fsp3) is 0.105. The summed E-state index contributed by atoms with van der Waals surface area (Å²) < 4.78 is 6.37. The molecule has 0 fully saturated rings. The van der Waals surface area contributed by atoms with E-state index in [0.717, 1.165) is 5.56 Å². The zero-order chi connectivity index (χ0) is 16.1. The van der Waals surface area contributed by atoms with Crippen LogP contribution in [0.15, 0.2) is 79.0 Å². The van der Waals surface area contributed by atoms with Crippen LogP contribution in [0, 0.1) is 5.21 Å². The van der Waals surface area contributed by atoms with E-state index in [0.29, 0.717) is 22.7 Å². The second-order valence-electron chi connectivity index (χ2n) is 5.20. The third-order valence-electron chi connectivity index (χ3n) is 3.56. The van der Waals surface area contributed by atoms with Gasteiger partial charge in [0.1, 0.15) is 12.4 Å². The second kappa shape index (κ2) is 6.94. The highest BCUT2D eigenvalue weighted by Gasteiger charge is 2.20. The molecule has 0 aliphatic heterocycles. The monoisotopic (exact) mass is 307 g/mol. The highest BCUT2D eigenvalue weighted by molar-refractivity contribution is 5.28. The first kappa shape index (κ1) is 15.1. The number of aliphatic hydroxyl groups excluding tert-OH is 1. The van der Waals surface area contributed by atoms with E-state index in [1.165, 1.54) is 6.20 Å². The molecule has 4 heteroatoms. The van der Waals surface area contributed by atoms with E-state index in [1.54, 1.807) is 24.3 Å². The number of hydrogen-bond acceptors (Lipinski definition) is 3. The van der Waals surface area contributed by atoms with Crippen molar-refractivity contribution < 1.29 is 14.6 Å². The SMILES string of the molecule is [O-][n+]1ccc(OCc2ccccc2)cc1C(O)c1ccccc1. The van der Waals surface area contributed by atoms with Gasteiger partial charge >= 0.3 is 0 Å². The van der Waals surface area contributed by atoms with Gasteiger partial charge in [-0.2, -0.15) is 4.73 Å². The van der Waals surface area contributed by atoms with Gasteiger partial charge in [-0.1, -0.05) is 60.7 Å². The number of aliphatic hydroxyl groups is 1. The van der Waals surface area contributed by atoms with Crippen LogP contribution in [0.3, 0.4) is 0 Å². The Bertz CT molecular complexity index is 760. The molecule has 0 bridgehead atoms. The first-order valence-corrected chi connectivity index (χ1v) is 7.37. The van der Waals surface area contributed by atoms with E-state index < -0.39 is 6.10 Å². The van der Waals surface area contributed by atoms with E-state index in [1.807, 2.05) is 48.5 Å². The maximum Gasteiger partial charge on any atom is 0.229 e. The molecule has 0 spiro atoms. The molecular weight excluding hydrogens is 290 g/mol. The first-order valence-electron chi connectivity index (χ1n) is 7.37. The summed E-state index contributed by atoms with van der Waals surface area (Å²) in [5, 5.41) is 22.4. The van der Waals surface area contributed by atoms with Crippen molar-refractivity contribution in [1.29, 1.82) is 0 Å². The van der Waals surface area contributed by atoms with Crippen molar-refractivity contribution in [1.82, 2.24) is 0 Å². The molecule has 0 saturated heterocycles. The van der Waals surface area contributed by atoms with Crippen molar-refractivity contribution in [2.24, 2.45) is 0 Å². The summed E-state index contributed by atoms with van der Waals surface area (Å²) in [6, 6.07) is 22.0. The molecule has 0 aliphatic carbocycles. The molecule has 0 radical (unpaired) electrons. The quantitative estimate of drug-likeness (QED) is 0.582. The van der Waals surface area contributed by atoms with Crippen molar-refractivity contribution in [3.8, 4) is 5.75 Å². The summed E-state index contributed by atoms with van der Waals surface area (Å²) in [7, 11) is 0. The lowest BCUT2D eigenvalue weighted by molar-refractivity contribution is -0.617. The van der Waals surface area contributed by atoms with Crippen LogP contribution >= 0.6 is 0 Å². The number of hydrogen-bond donors (Lipinski definition) is 1. The van der Waals surface area contributed by atoms with Gasteiger partial charge in [-0.25, -0.2) is 0 Å². The minimum atomic E-state index is -0.992. The van der Waals surface area contributed by atoms with Crippen LogP contribution < -0.4 is 9.47 Å². The molecule has 1 atom stereocenters. The number of aromatic nitrogens is 1. The van der Waals surface area contributed by atoms with Gasteiger partial charge in [0, 0.05) is 6.07 Å². The highest BCUT2D eigenvalue weighted by Crippen LogP contribution is 2.22. The Labute approximate surface area is 134 Å². The van der Waals surface area contributed by atoms with Crippen LogP contribution in [0.1, 0.15) is 22.9 Å². The normalized spacial score (nSPS) is 11.9. The molecule has 1 heterocycles. The molecular formula is C19H17NO3. The summed E-state index contributed by atoms with van der Waals surface area (Å²) in [5.74, 6) is 0.547. The van der Waals surface area contributed by atoms with Crippen molar-refractivity contribution in [3.63, 3.8) is 0 Å². The number of rotatable bonds is 5. The predicted octanol–water partition coefficient (Wildman–Crippen LogP) is 2.98. The second-order valence-corrected chi connectivity index (χ2v) is 5.20. The molecule has 0 amide bonds. The molecule has 1 N–H and O–H groups in total. The average Bonchev–Trinajstić information content (AvgIpc) is 2.62. The smallest absolute Gasteiger partial charge is 0.229 e. The summed E-state index contributed by atoms with van der Waals surface area (Å²) in [4.78, 5) is 0. The Morgan fingerprint density at radius 3 is 2.30 bits per heavy atom. The summed E-state index contributed by atoms with van der Waals surface area (Å²) >= 11 is 0. The maximum absolute atomic E-state index is 12.0. The number of ether oxygens (including phenoxy) is 1. The van der Waals surface area contributed by atoms with E-state index in [-0.39, 0.29) is 5.69 Å². The molecule has 1 aromatic heterocycles. The molecule has 3 rings (SSSR count). The van der Waals surface area contributed by atoms with Crippen LogP contribution in [-0.2, 0) is 6.61 Å². The topological polar surface area (TPSA) is 56.4 Å². The molecule has 116 valence electrons.